The van der Waals surface area contributed by atoms with Crippen molar-refractivity contribution in [3.63, 3.8) is 0 Å². The molecule has 6 nitrogen and oxygen atoms in total. The third kappa shape index (κ3) is 2.67. The molecule has 0 atom stereocenters. The first-order chi connectivity index (χ1) is 10.2. The van der Waals surface area contributed by atoms with Crippen LogP contribution in [0, 0.1) is 0 Å². The molecule has 6 heteroatoms. The molecule has 110 valence electrons. The van der Waals surface area contributed by atoms with Crippen molar-refractivity contribution in [2.24, 2.45) is 0 Å². The number of rotatable bonds is 5. The van der Waals surface area contributed by atoms with Crippen LogP contribution in [0.15, 0.2) is 29.0 Å². The molecular weight excluding hydrogens is 266 g/mol. The van der Waals surface area contributed by atoms with E-state index < -0.39 is 0 Å². The Balaban J connectivity index is 1.96. The lowest BCUT2D eigenvalue weighted by Gasteiger charge is -1.99. The first kappa shape index (κ1) is 13.8. The normalized spacial score (nSPS) is 11.6. The zero-order valence-electron chi connectivity index (χ0n) is 12.5. The van der Waals surface area contributed by atoms with E-state index in [1.54, 1.807) is 6.20 Å². The molecule has 3 heterocycles. The van der Waals surface area contributed by atoms with Gasteiger partial charge in [0.1, 0.15) is 5.65 Å². The topological polar surface area (TPSA) is 68.8 Å². The van der Waals surface area contributed by atoms with E-state index in [4.69, 9.17) is 4.52 Å². The minimum atomic E-state index is 0.241. The summed E-state index contributed by atoms with van der Waals surface area (Å²) in [6.45, 7) is 5.44. The Hall–Kier alpha value is -2.21. The molecule has 0 saturated carbocycles. The maximum Gasteiger partial charge on any atom is 0.229 e. The summed E-state index contributed by atoms with van der Waals surface area (Å²) in [5.41, 5.74) is 2.16. The lowest BCUT2D eigenvalue weighted by atomic mass is 10.2. The third-order valence-electron chi connectivity index (χ3n) is 3.37. The van der Waals surface area contributed by atoms with Crippen molar-refractivity contribution >= 4 is 11.0 Å². The van der Waals surface area contributed by atoms with E-state index in [9.17, 15) is 0 Å². The van der Waals surface area contributed by atoms with Gasteiger partial charge in [0, 0.05) is 30.2 Å². The second kappa shape index (κ2) is 5.65. The van der Waals surface area contributed by atoms with Gasteiger partial charge in [-0.3, -0.25) is 0 Å². The molecule has 0 amide bonds. The zero-order valence-corrected chi connectivity index (χ0v) is 12.5. The average Bonchev–Trinajstić information content (AvgIpc) is 3.07. The van der Waals surface area contributed by atoms with Gasteiger partial charge in [0.15, 0.2) is 5.82 Å². The molecule has 0 saturated heterocycles. The SMILES string of the molecule is CNCc1cn(Cc2noc(C(C)C)n2)c2ncccc12. The molecule has 0 bridgehead atoms. The second-order valence-electron chi connectivity index (χ2n) is 5.39. The highest BCUT2D eigenvalue weighted by molar-refractivity contribution is 5.80. The fourth-order valence-corrected chi connectivity index (χ4v) is 2.37. The van der Waals surface area contributed by atoms with Crippen molar-refractivity contribution in [1.82, 2.24) is 25.0 Å². The van der Waals surface area contributed by atoms with Crippen molar-refractivity contribution in [3.05, 3.63) is 41.8 Å². The maximum atomic E-state index is 5.26. The summed E-state index contributed by atoms with van der Waals surface area (Å²) < 4.78 is 7.32. The van der Waals surface area contributed by atoms with Gasteiger partial charge in [-0.25, -0.2) is 4.98 Å². The first-order valence-electron chi connectivity index (χ1n) is 7.09. The van der Waals surface area contributed by atoms with Crippen molar-refractivity contribution in [2.75, 3.05) is 7.05 Å². The Morgan fingerprint density at radius 3 is 2.95 bits per heavy atom. The van der Waals surface area contributed by atoms with Crippen LogP contribution in [0.1, 0.15) is 37.0 Å². The highest BCUT2D eigenvalue weighted by Gasteiger charge is 2.13. The van der Waals surface area contributed by atoms with Crippen molar-refractivity contribution < 1.29 is 4.52 Å². The molecule has 0 radical (unpaired) electrons. The number of fused-ring (bicyclic) bond motifs is 1. The Bertz CT molecular complexity index is 743. The summed E-state index contributed by atoms with van der Waals surface area (Å²) in [5, 5.41) is 8.38. The Morgan fingerprint density at radius 1 is 1.38 bits per heavy atom. The van der Waals surface area contributed by atoms with Gasteiger partial charge in [0.25, 0.3) is 0 Å². The summed E-state index contributed by atoms with van der Waals surface area (Å²) >= 11 is 0. The highest BCUT2D eigenvalue weighted by Crippen LogP contribution is 2.20. The highest BCUT2D eigenvalue weighted by atomic mass is 16.5. The van der Waals surface area contributed by atoms with Crippen LogP contribution in [-0.2, 0) is 13.1 Å². The van der Waals surface area contributed by atoms with Gasteiger partial charge < -0.3 is 14.4 Å². The summed E-state index contributed by atoms with van der Waals surface area (Å²) in [6, 6.07) is 4.04. The molecule has 0 aliphatic heterocycles. The van der Waals surface area contributed by atoms with Crippen LogP contribution in [0.25, 0.3) is 11.0 Å². The summed E-state index contributed by atoms with van der Waals surface area (Å²) in [6.07, 6.45) is 3.90. The van der Waals surface area contributed by atoms with E-state index >= 15 is 0 Å². The number of aromatic nitrogens is 4. The van der Waals surface area contributed by atoms with Gasteiger partial charge >= 0.3 is 0 Å². The molecular formula is C15H19N5O. The molecule has 0 aromatic carbocycles. The standard InChI is InChI=1S/C15H19N5O/c1-10(2)15-18-13(19-21-15)9-20-8-11(7-16-3)12-5-4-6-17-14(12)20/h4-6,8,10,16H,7,9H2,1-3H3. The molecule has 1 N–H and O–H groups in total. The van der Waals surface area contributed by atoms with Crippen LogP contribution >= 0.6 is 0 Å². The molecule has 0 fully saturated rings. The lowest BCUT2D eigenvalue weighted by molar-refractivity contribution is 0.360. The molecule has 0 spiro atoms. The van der Waals surface area contributed by atoms with Crippen LogP contribution in [0.5, 0.6) is 0 Å². The molecule has 21 heavy (non-hydrogen) atoms. The smallest absolute Gasteiger partial charge is 0.229 e. The molecule has 0 aliphatic rings. The summed E-state index contributed by atoms with van der Waals surface area (Å²) in [5.74, 6) is 1.59. The second-order valence-corrected chi connectivity index (χ2v) is 5.39. The van der Waals surface area contributed by atoms with Gasteiger partial charge in [-0.15, -0.1) is 0 Å². The fraction of sp³-hybridized carbons (Fsp3) is 0.400. The first-order valence-corrected chi connectivity index (χ1v) is 7.09. The van der Waals surface area contributed by atoms with Crippen LogP contribution < -0.4 is 5.32 Å². The van der Waals surface area contributed by atoms with Crippen molar-refractivity contribution in [1.29, 1.82) is 0 Å². The van der Waals surface area contributed by atoms with E-state index in [0.717, 1.165) is 17.6 Å². The predicted octanol–water partition coefficient (Wildman–Crippen LogP) is 2.31. The fourth-order valence-electron chi connectivity index (χ4n) is 2.37. The van der Waals surface area contributed by atoms with Gasteiger partial charge in [-0.05, 0) is 24.7 Å². The minimum absolute atomic E-state index is 0.241. The predicted molar refractivity (Wildman–Crippen MR) is 80.0 cm³/mol. The van der Waals surface area contributed by atoms with E-state index in [2.05, 4.69) is 37.3 Å². The number of hydrogen-bond donors (Lipinski definition) is 1. The monoisotopic (exact) mass is 285 g/mol. The van der Waals surface area contributed by atoms with Gasteiger partial charge in [0.2, 0.25) is 5.89 Å². The van der Waals surface area contributed by atoms with Crippen molar-refractivity contribution in [3.8, 4) is 0 Å². The molecule has 3 aromatic rings. The lowest BCUT2D eigenvalue weighted by Crippen LogP contribution is -2.04. The van der Waals surface area contributed by atoms with Crippen LogP contribution in [0.2, 0.25) is 0 Å². The largest absolute Gasteiger partial charge is 0.339 e. The van der Waals surface area contributed by atoms with Gasteiger partial charge in [-0.2, -0.15) is 4.98 Å². The quantitative estimate of drug-likeness (QED) is 0.779. The van der Waals surface area contributed by atoms with Crippen LogP contribution in [0.3, 0.4) is 0 Å². The number of hydrogen-bond acceptors (Lipinski definition) is 5. The van der Waals surface area contributed by atoms with Crippen molar-refractivity contribution in [2.45, 2.75) is 32.9 Å². The van der Waals surface area contributed by atoms with Gasteiger partial charge in [0.05, 0.1) is 6.54 Å². The number of pyridine rings is 1. The van der Waals surface area contributed by atoms with E-state index in [0.29, 0.717) is 18.3 Å². The Labute approximate surface area is 123 Å². The minimum Gasteiger partial charge on any atom is -0.339 e. The number of nitrogens with zero attached hydrogens (tertiary/aromatic N) is 4. The Kier molecular flexibility index (Phi) is 3.70. The molecule has 0 aliphatic carbocycles. The maximum absolute atomic E-state index is 5.26. The molecule has 0 unspecified atom stereocenters. The van der Waals surface area contributed by atoms with Crippen LogP contribution in [0.4, 0.5) is 0 Å². The van der Waals surface area contributed by atoms with E-state index in [1.807, 2.05) is 27.0 Å². The van der Waals surface area contributed by atoms with Crippen LogP contribution in [-0.4, -0.2) is 26.7 Å². The molecule has 3 aromatic heterocycles. The summed E-state index contributed by atoms with van der Waals surface area (Å²) in [7, 11) is 1.94. The third-order valence-corrected chi connectivity index (χ3v) is 3.37. The van der Waals surface area contributed by atoms with Gasteiger partial charge in [-0.1, -0.05) is 19.0 Å². The van der Waals surface area contributed by atoms with E-state index in [-0.39, 0.29) is 5.92 Å². The summed E-state index contributed by atoms with van der Waals surface area (Å²) in [4.78, 5) is 8.90. The number of nitrogens with one attached hydrogen (secondary N) is 1. The average molecular weight is 285 g/mol. The Morgan fingerprint density at radius 2 is 2.24 bits per heavy atom. The molecule has 3 rings (SSSR count). The van der Waals surface area contributed by atoms with E-state index in [1.165, 1.54) is 5.56 Å². The zero-order chi connectivity index (χ0) is 14.8.